The molecule has 2 aromatic rings. The Bertz CT molecular complexity index is 570. The highest BCUT2D eigenvalue weighted by molar-refractivity contribution is 9.10. The Morgan fingerprint density at radius 2 is 2.00 bits per heavy atom. The van der Waals surface area contributed by atoms with Crippen LogP contribution < -0.4 is 9.47 Å². The first-order valence-corrected chi connectivity index (χ1v) is 6.38. The average Bonchev–Trinajstić information content (AvgIpc) is 2.38. The summed E-state index contributed by atoms with van der Waals surface area (Å²) >= 11 is 3.29. The van der Waals surface area contributed by atoms with Crippen molar-refractivity contribution in [2.24, 2.45) is 0 Å². The number of nitrogens with zero attached hydrogens (tertiary/aromatic N) is 2. The highest BCUT2D eigenvalue weighted by atomic mass is 79.9. The van der Waals surface area contributed by atoms with Gasteiger partial charge in [0.15, 0.2) is 11.5 Å². The molecule has 0 aliphatic rings. The summed E-state index contributed by atoms with van der Waals surface area (Å²) in [5.41, 5.74) is 0.754. The molecule has 2 rings (SSSR count). The second kappa shape index (κ2) is 5.99. The van der Waals surface area contributed by atoms with Gasteiger partial charge < -0.3 is 14.6 Å². The zero-order valence-electron chi connectivity index (χ0n) is 10.6. The van der Waals surface area contributed by atoms with Crippen LogP contribution in [0.2, 0.25) is 0 Å². The molecular weight excluding hydrogens is 312 g/mol. The van der Waals surface area contributed by atoms with E-state index in [1.807, 2.05) is 0 Å². The molecule has 1 aromatic heterocycles. The first kappa shape index (κ1) is 13.8. The van der Waals surface area contributed by atoms with Crippen LogP contribution in [0.15, 0.2) is 28.9 Å². The Balaban J connectivity index is 2.32. The monoisotopic (exact) mass is 324 g/mol. The van der Waals surface area contributed by atoms with Gasteiger partial charge in [0.2, 0.25) is 5.88 Å². The van der Waals surface area contributed by atoms with Crippen molar-refractivity contribution in [1.29, 1.82) is 0 Å². The van der Waals surface area contributed by atoms with Crippen molar-refractivity contribution in [3.8, 4) is 17.4 Å². The molecule has 6 heteroatoms. The number of halogens is 1. The predicted molar refractivity (Wildman–Crippen MR) is 73.5 cm³/mol. The molecule has 1 N–H and O–H groups in total. The fourth-order valence-corrected chi connectivity index (χ4v) is 2.02. The zero-order valence-corrected chi connectivity index (χ0v) is 12.1. The van der Waals surface area contributed by atoms with E-state index in [1.165, 1.54) is 0 Å². The maximum absolute atomic E-state index is 9.09. The third-order valence-corrected chi connectivity index (χ3v) is 2.81. The van der Waals surface area contributed by atoms with Crippen molar-refractivity contribution in [2.75, 3.05) is 7.11 Å². The number of aliphatic hydroxyl groups excluding tert-OH is 1. The van der Waals surface area contributed by atoms with Gasteiger partial charge in [-0.05, 0) is 40.5 Å². The number of aliphatic hydroxyl groups is 1. The van der Waals surface area contributed by atoms with Gasteiger partial charge >= 0.3 is 0 Å². The maximum atomic E-state index is 9.09. The molecule has 0 spiro atoms. The molecule has 0 fully saturated rings. The van der Waals surface area contributed by atoms with Gasteiger partial charge in [0, 0.05) is 6.07 Å². The summed E-state index contributed by atoms with van der Waals surface area (Å²) in [6.07, 6.45) is 0. The second-order valence-electron chi connectivity index (χ2n) is 3.82. The predicted octanol–water partition coefficient (Wildman–Crippen LogP) is 2.84. The Labute approximate surface area is 119 Å². The van der Waals surface area contributed by atoms with Crippen molar-refractivity contribution in [1.82, 2.24) is 9.97 Å². The second-order valence-corrected chi connectivity index (χ2v) is 4.63. The lowest BCUT2D eigenvalue weighted by Gasteiger charge is -2.11. The average molecular weight is 325 g/mol. The molecule has 1 heterocycles. The van der Waals surface area contributed by atoms with Crippen LogP contribution in [-0.2, 0) is 6.61 Å². The highest BCUT2D eigenvalue weighted by Crippen LogP contribution is 2.32. The molecule has 19 heavy (non-hydrogen) atoms. The molecule has 1 aromatic carbocycles. The number of benzene rings is 1. The van der Waals surface area contributed by atoms with E-state index in [1.54, 1.807) is 38.3 Å². The molecule has 0 aliphatic heterocycles. The smallest absolute Gasteiger partial charge is 0.223 e. The van der Waals surface area contributed by atoms with Crippen LogP contribution in [0.4, 0.5) is 0 Å². The van der Waals surface area contributed by atoms with Gasteiger partial charge in [-0.25, -0.2) is 4.98 Å². The van der Waals surface area contributed by atoms with E-state index in [0.29, 0.717) is 27.8 Å². The van der Waals surface area contributed by atoms with Gasteiger partial charge in [-0.15, -0.1) is 0 Å². The lowest BCUT2D eigenvalue weighted by atomic mass is 10.2. The molecule has 0 saturated heterocycles. The molecular formula is C13H13BrN2O3. The lowest BCUT2D eigenvalue weighted by molar-refractivity contribution is 0.280. The molecule has 0 saturated carbocycles. The molecule has 0 bridgehead atoms. The minimum absolute atomic E-state index is 0.0468. The summed E-state index contributed by atoms with van der Waals surface area (Å²) in [5.74, 6) is 2.10. The van der Waals surface area contributed by atoms with Crippen molar-refractivity contribution >= 4 is 15.9 Å². The van der Waals surface area contributed by atoms with Gasteiger partial charge in [0.05, 0.1) is 13.7 Å². The van der Waals surface area contributed by atoms with E-state index in [-0.39, 0.29) is 6.61 Å². The number of aromatic nitrogens is 2. The molecule has 0 amide bonds. The van der Waals surface area contributed by atoms with E-state index in [2.05, 4.69) is 25.9 Å². The molecule has 0 aliphatic carbocycles. The Morgan fingerprint density at radius 1 is 1.21 bits per heavy atom. The van der Waals surface area contributed by atoms with E-state index in [9.17, 15) is 0 Å². The van der Waals surface area contributed by atoms with Crippen molar-refractivity contribution in [3.63, 3.8) is 0 Å². The zero-order chi connectivity index (χ0) is 13.8. The quantitative estimate of drug-likeness (QED) is 0.876. The van der Waals surface area contributed by atoms with E-state index in [0.717, 1.165) is 5.56 Å². The Morgan fingerprint density at radius 3 is 2.63 bits per heavy atom. The van der Waals surface area contributed by atoms with Gasteiger partial charge in [0.25, 0.3) is 0 Å². The third-order valence-electron chi connectivity index (χ3n) is 2.41. The van der Waals surface area contributed by atoms with Crippen molar-refractivity contribution in [2.45, 2.75) is 13.5 Å². The topological polar surface area (TPSA) is 64.5 Å². The maximum Gasteiger partial charge on any atom is 0.223 e. The summed E-state index contributed by atoms with van der Waals surface area (Å²) in [6, 6.07) is 6.89. The van der Waals surface area contributed by atoms with E-state index in [4.69, 9.17) is 14.6 Å². The standard InChI is InChI=1S/C13H13BrN2O3/c1-8-15-12(14)6-13(16-8)19-10-4-3-9(7-17)5-11(10)18-2/h3-6,17H,7H2,1-2H3. The minimum atomic E-state index is -0.0468. The minimum Gasteiger partial charge on any atom is -0.493 e. The van der Waals surface area contributed by atoms with Crippen LogP contribution in [0.1, 0.15) is 11.4 Å². The fourth-order valence-electron chi connectivity index (χ4n) is 1.57. The normalized spacial score (nSPS) is 10.3. The van der Waals surface area contributed by atoms with Gasteiger partial charge in [-0.2, -0.15) is 4.98 Å². The fraction of sp³-hybridized carbons (Fsp3) is 0.231. The molecule has 0 unspecified atom stereocenters. The SMILES string of the molecule is COc1cc(CO)ccc1Oc1cc(Br)nc(C)n1. The summed E-state index contributed by atoms with van der Waals surface area (Å²) in [7, 11) is 1.55. The number of hydrogen-bond acceptors (Lipinski definition) is 5. The van der Waals surface area contributed by atoms with Gasteiger partial charge in [-0.1, -0.05) is 6.07 Å². The van der Waals surface area contributed by atoms with Gasteiger partial charge in [0.1, 0.15) is 10.4 Å². The van der Waals surface area contributed by atoms with Gasteiger partial charge in [-0.3, -0.25) is 0 Å². The van der Waals surface area contributed by atoms with Crippen LogP contribution in [0.3, 0.4) is 0 Å². The van der Waals surface area contributed by atoms with Crippen LogP contribution in [-0.4, -0.2) is 22.2 Å². The first-order chi connectivity index (χ1) is 9.12. The number of hydrogen-bond donors (Lipinski definition) is 1. The number of rotatable bonds is 4. The molecule has 0 radical (unpaired) electrons. The highest BCUT2D eigenvalue weighted by Gasteiger charge is 2.09. The molecule has 100 valence electrons. The van der Waals surface area contributed by atoms with E-state index >= 15 is 0 Å². The number of aryl methyl sites for hydroxylation is 1. The summed E-state index contributed by atoms with van der Waals surface area (Å²) in [4.78, 5) is 8.29. The summed E-state index contributed by atoms with van der Waals surface area (Å²) in [6.45, 7) is 1.73. The van der Waals surface area contributed by atoms with Crippen LogP contribution in [0, 0.1) is 6.92 Å². The van der Waals surface area contributed by atoms with Crippen molar-refractivity contribution < 1.29 is 14.6 Å². The van der Waals surface area contributed by atoms with Crippen LogP contribution in [0.5, 0.6) is 17.4 Å². The van der Waals surface area contributed by atoms with Crippen molar-refractivity contribution in [3.05, 3.63) is 40.3 Å². The number of methoxy groups -OCH3 is 1. The molecule has 5 nitrogen and oxygen atoms in total. The van der Waals surface area contributed by atoms with Crippen LogP contribution >= 0.6 is 15.9 Å². The third kappa shape index (κ3) is 3.42. The summed E-state index contributed by atoms with van der Waals surface area (Å²) < 4.78 is 11.6. The van der Waals surface area contributed by atoms with Crippen LogP contribution in [0.25, 0.3) is 0 Å². The largest absolute Gasteiger partial charge is 0.493 e. The lowest BCUT2D eigenvalue weighted by Crippen LogP contribution is -1.96. The molecule has 0 atom stereocenters. The Hall–Kier alpha value is -1.66. The Kier molecular flexibility index (Phi) is 4.34. The summed E-state index contributed by atoms with van der Waals surface area (Å²) in [5, 5.41) is 9.09. The first-order valence-electron chi connectivity index (χ1n) is 5.59. The number of ether oxygens (including phenoxy) is 2. The van der Waals surface area contributed by atoms with E-state index < -0.39 is 0 Å².